The summed E-state index contributed by atoms with van der Waals surface area (Å²) in [6.07, 6.45) is 2.08. The van der Waals surface area contributed by atoms with Crippen molar-refractivity contribution in [3.8, 4) is 17.1 Å². The minimum atomic E-state index is -0.119. The molecular formula is C20H27N3O4. The van der Waals surface area contributed by atoms with E-state index in [0.29, 0.717) is 24.5 Å². The van der Waals surface area contributed by atoms with Gasteiger partial charge in [-0.3, -0.25) is 0 Å². The number of hydrogen-bond donors (Lipinski definition) is 1. The first-order valence-electron chi connectivity index (χ1n) is 9.32. The van der Waals surface area contributed by atoms with Crippen LogP contribution in [0.5, 0.6) is 5.75 Å². The van der Waals surface area contributed by atoms with Crippen LogP contribution in [-0.4, -0.2) is 48.5 Å². The van der Waals surface area contributed by atoms with E-state index in [1.807, 2.05) is 44.2 Å². The van der Waals surface area contributed by atoms with Gasteiger partial charge < -0.3 is 24.2 Å². The molecule has 1 unspecified atom stereocenters. The van der Waals surface area contributed by atoms with Gasteiger partial charge in [0.1, 0.15) is 11.4 Å². The van der Waals surface area contributed by atoms with Crippen LogP contribution in [0, 0.1) is 0 Å². The molecule has 2 heterocycles. The summed E-state index contributed by atoms with van der Waals surface area (Å²) in [5.41, 5.74) is 1.58. The van der Waals surface area contributed by atoms with Crippen molar-refractivity contribution >= 4 is 6.03 Å². The Bertz CT molecular complexity index is 753. The van der Waals surface area contributed by atoms with E-state index in [4.69, 9.17) is 14.0 Å². The maximum atomic E-state index is 12.6. The number of urea groups is 1. The van der Waals surface area contributed by atoms with Crippen molar-refractivity contribution in [2.45, 2.75) is 45.4 Å². The normalized spacial score (nSPS) is 16.5. The lowest BCUT2D eigenvalue weighted by atomic mass is 10.1. The van der Waals surface area contributed by atoms with E-state index >= 15 is 0 Å². The van der Waals surface area contributed by atoms with Crippen LogP contribution in [-0.2, 0) is 11.3 Å². The molecule has 0 bridgehead atoms. The molecule has 1 N–H and O–H groups in total. The van der Waals surface area contributed by atoms with Crippen LogP contribution in [0.1, 0.15) is 32.4 Å². The lowest BCUT2D eigenvalue weighted by molar-refractivity contribution is 0.0785. The molecule has 2 aromatic rings. The summed E-state index contributed by atoms with van der Waals surface area (Å²) in [4.78, 5) is 14.3. The Balaban J connectivity index is 1.72. The summed E-state index contributed by atoms with van der Waals surface area (Å²) in [6.45, 7) is 5.55. The second kappa shape index (κ2) is 8.90. The van der Waals surface area contributed by atoms with Gasteiger partial charge in [0.15, 0.2) is 5.76 Å². The third-order valence-corrected chi connectivity index (χ3v) is 4.41. The molecule has 1 saturated heterocycles. The molecule has 27 heavy (non-hydrogen) atoms. The van der Waals surface area contributed by atoms with Crippen molar-refractivity contribution in [3.63, 3.8) is 0 Å². The molecule has 1 fully saturated rings. The number of ether oxygens (including phenoxy) is 2. The van der Waals surface area contributed by atoms with Crippen LogP contribution < -0.4 is 10.1 Å². The summed E-state index contributed by atoms with van der Waals surface area (Å²) in [5.74, 6) is 1.40. The Kier molecular flexibility index (Phi) is 6.34. The lowest BCUT2D eigenvalue weighted by Crippen LogP contribution is -2.45. The fraction of sp³-hybridized carbons (Fsp3) is 0.500. The highest BCUT2D eigenvalue weighted by molar-refractivity contribution is 5.74. The summed E-state index contributed by atoms with van der Waals surface area (Å²) in [6, 6.07) is 9.40. The van der Waals surface area contributed by atoms with E-state index < -0.39 is 0 Å². The van der Waals surface area contributed by atoms with Crippen molar-refractivity contribution < 1.29 is 18.8 Å². The highest BCUT2D eigenvalue weighted by atomic mass is 16.5. The minimum Gasteiger partial charge on any atom is -0.497 e. The van der Waals surface area contributed by atoms with Crippen molar-refractivity contribution in [2.75, 3.05) is 20.3 Å². The van der Waals surface area contributed by atoms with Gasteiger partial charge in [-0.25, -0.2) is 4.79 Å². The molecule has 0 radical (unpaired) electrons. The number of amides is 2. The number of carbonyl (C=O) groups is 1. The fourth-order valence-corrected chi connectivity index (χ4v) is 3.09. The molecule has 7 nitrogen and oxygen atoms in total. The van der Waals surface area contributed by atoms with Crippen LogP contribution in [0.25, 0.3) is 11.3 Å². The topological polar surface area (TPSA) is 76.8 Å². The summed E-state index contributed by atoms with van der Waals surface area (Å²) in [7, 11) is 1.63. The molecule has 1 atom stereocenters. The first-order chi connectivity index (χ1) is 13.0. The molecule has 0 spiro atoms. The zero-order chi connectivity index (χ0) is 19.2. The van der Waals surface area contributed by atoms with Crippen molar-refractivity contribution in [1.29, 1.82) is 0 Å². The Morgan fingerprint density at radius 1 is 1.41 bits per heavy atom. The highest BCUT2D eigenvalue weighted by Crippen LogP contribution is 2.25. The number of nitrogens with one attached hydrogen (secondary N) is 1. The van der Waals surface area contributed by atoms with Gasteiger partial charge in [0, 0.05) is 30.8 Å². The van der Waals surface area contributed by atoms with E-state index in [0.717, 1.165) is 30.8 Å². The second-order valence-electron chi connectivity index (χ2n) is 7.03. The largest absolute Gasteiger partial charge is 0.497 e. The molecule has 1 aromatic heterocycles. The number of hydrogen-bond acceptors (Lipinski definition) is 5. The van der Waals surface area contributed by atoms with Crippen LogP contribution in [0.3, 0.4) is 0 Å². The smallest absolute Gasteiger partial charge is 0.318 e. The van der Waals surface area contributed by atoms with Gasteiger partial charge >= 0.3 is 6.03 Å². The summed E-state index contributed by atoms with van der Waals surface area (Å²) >= 11 is 0. The Labute approximate surface area is 159 Å². The number of methoxy groups -OCH3 is 1. The van der Waals surface area contributed by atoms with Gasteiger partial charge in [-0.2, -0.15) is 0 Å². The molecule has 2 amide bonds. The standard InChI is InChI=1S/C20H27N3O4/c1-14(2)21-20(24)23(13-18-8-5-9-26-18)12-16-11-19(27-22-16)15-6-4-7-17(10-15)25-3/h4,6-7,10-11,14,18H,5,8-9,12-13H2,1-3H3,(H,21,24). The molecule has 3 rings (SSSR count). The maximum Gasteiger partial charge on any atom is 0.318 e. The highest BCUT2D eigenvalue weighted by Gasteiger charge is 2.24. The monoisotopic (exact) mass is 373 g/mol. The van der Waals surface area contributed by atoms with Crippen LogP contribution in [0.2, 0.25) is 0 Å². The number of nitrogens with zero attached hydrogens (tertiary/aromatic N) is 2. The van der Waals surface area contributed by atoms with Crippen molar-refractivity contribution in [1.82, 2.24) is 15.4 Å². The molecule has 0 aliphatic carbocycles. The molecule has 1 aromatic carbocycles. The average molecular weight is 373 g/mol. The third kappa shape index (κ3) is 5.23. The second-order valence-corrected chi connectivity index (χ2v) is 7.03. The first-order valence-corrected chi connectivity index (χ1v) is 9.32. The molecule has 7 heteroatoms. The Morgan fingerprint density at radius 2 is 2.26 bits per heavy atom. The predicted molar refractivity (Wildman–Crippen MR) is 102 cm³/mol. The first kappa shape index (κ1) is 19.2. The zero-order valence-corrected chi connectivity index (χ0v) is 16.1. The average Bonchev–Trinajstić information content (AvgIpc) is 3.32. The van der Waals surface area contributed by atoms with Crippen LogP contribution in [0.15, 0.2) is 34.9 Å². The third-order valence-electron chi connectivity index (χ3n) is 4.41. The van der Waals surface area contributed by atoms with E-state index in [1.165, 1.54) is 0 Å². The summed E-state index contributed by atoms with van der Waals surface area (Å²) in [5, 5.41) is 7.09. The van der Waals surface area contributed by atoms with E-state index in [-0.39, 0.29) is 18.2 Å². The zero-order valence-electron chi connectivity index (χ0n) is 16.1. The molecule has 1 aliphatic rings. The number of aromatic nitrogens is 1. The molecule has 0 saturated carbocycles. The van der Waals surface area contributed by atoms with E-state index in [9.17, 15) is 4.79 Å². The van der Waals surface area contributed by atoms with Crippen molar-refractivity contribution in [3.05, 3.63) is 36.0 Å². The van der Waals surface area contributed by atoms with Crippen molar-refractivity contribution in [2.24, 2.45) is 0 Å². The Morgan fingerprint density at radius 3 is 2.96 bits per heavy atom. The van der Waals surface area contributed by atoms with E-state index in [1.54, 1.807) is 12.0 Å². The van der Waals surface area contributed by atoms with Gasteiger partial charge in [-0.05, 0) is 38.8 Å². The lowest BCUT2D eigenvalue weighted by Gasteiger charge is -2.25. The van der Waals surface area contributed by atoms with Crippen LogP contribution >= 0.6 is 0 Å². The predicted octanol–water partition coefficient (Wildman–Crippen LogP) is 3.45. The fourth-order valence-electron chi connectivity index (χ4n) is 3.09. The summed E-state index contributed by atoms with van der Waals surface area (Å²) < 4.78 is 16.4. The van der Waals surface area contributed by atoms with Crippen LogP contribution in [0.4, 0.5) is 4.79 Å². The number of carbonyl (C=O) groups excluding carboxylic acids is 1. The SMILES string of the molecule is COc1cccc(-c2cc(CN(CC3CCCO3)C(=O)NC(C)C)no2)c1. The number of rotatable bonds is 7. The molecular weight excluding hydrogens is 346 g/mol. The van der Waals surface area contributed by atoms with Gasteiger partial charge in [-0.1, -0.05) is 17.3 Å². The minimum absolute atomic E-state index is 0.0640. The van der Waals surface area contributed by atoms with Gasteiger partial charge in [0.2, 0.25) is 0 Å². The Hall–Kier alpha value is -2.54. The van der Waals surface area contributed by atoms with Gasteiger partial charge in [-0.15, -0.1) is 0 Å². The maximum absolute atomic E-state index is 12.6. The van der Waals surface area contributed by atoms with Gasteiger partial charge in [0.25, 0.3) is 0 Å². The quantitative estimate of drug-likeness (QED) is 0.804. The molecule has 1 aliphatic heterocycles. The number of benzene rings is 1. The molecule has 146 valence electrons. The van der Waals surface area contributed by atoms with Gasteiger partial charge in [0.05, 0.1) is 19.8 Å². The van der Waals surface area contributed by atoms with E-state index in [2.05, 4.69) is 10.5 Å².